The average molecular weight is 311 g/mol. The molecule has 1 atom stereocenters. The number of amides is 1. The molecule has 0 aliphatic rings. The lowest BCUT2D eigenvalue weighted by atomic mass is 10.0. The van der Waals surface area contributed by atoms with Crippen molar-refractivity contribution < 1.29 is 19.0 Å². The Hall–Kier alpha value is -1.50. The molecule has 2 N–H and O–H groups in total. The van der Waals surface area contributed by atoms with Crippen LogP contribution in [0, 0.1) is 5.82 Å². The van der Waals surface area contributed by atoms with Crippen LogP contribution in [0.15, 0.2) is 24.3 Å². The first-order valence-corrected chi connectivity index (χ1v) is 7.42. The van der Waals surface area contributed by atoms with Crippen LogP contribution >= 0.6 is 11.3 Å². The highest BCUT2D eigenvalue weighted by Crippen LogP contribution is 2.27. The van der Waals surface area contributed by atoms with Crippen molar-refractivity contribution in [1.29, 1.82) is 0 Å². The molecule has 4 nitrogen and oxygen atoms in total. The first-order valence-electron chi connectivity index (χ1n) is 6.60. The minimum absolute atomic E-state index is 0.117. The lowest BCUT2D eigenvalue weighted by Gasteiger charge is -2.22. The molecule has 2 rings (SSSR count). The van der Waals surface area contributed by atoms with Gasteiger partial charge in [-0.05, 0) is 25.1 Å². The Labute approximate surface area is 126 Å². The number of halogens is 1. The van der Waals surface area contributed by atoms with Gasteiger partial charge in [-0.3, -0.25) is 4.79 Å². The third kappa shape index (κ3) is 4.00. The van der Waals surface area contributed by atoms with Crippen molar-refractivity contribution >= 4 is 27.3 Å². The van der Waals surface area contributed by atoms with Gasteiger partial charge >= 0.3 is 0 Å². The average Bonchev–Trinajstić information content (AvgIpc) is 2.88. The number of nitrogens with one attached hydrogen (secondary N) is 1. The van der Waals surface area contributed by atoms with Crippen molar-refractivity contribution in [2.24, 2.45) is 0 Å². The normalized spacial score (nSPS) is 14.1. The topological polar surface area (TPSA) is 58.6 Å². The maximum Gasteiger partial charge on any atom is 0.261 e. The van der Waals surface area contributed by atoms with Gasteiger partial charge in [0.2, 0.25) is 0 Å². The predicted octanol–water partition coefficient (Wildman–Crippen LogP) is 2.56. The second kappa shape index (κ2) is 6.51. The molecule has 2 aromatic rings. The zero-order valence-corrected chi connectivity index (χ0v) is 12.8. The number of benzene rings is 1. The summed E-state index contributed by atoms with van der Waals surface area (Å²) in [5, 5.41) is 13.2. The number of carbonyl (C=O) groups excluding carboxylic acids is 1. The Kier molecular flexibility index (Phi) is 4.92. The molecule has 0 aliphatic carbocycles. The van der Waals surface area contributed by atoms with E-state index in [1.54, 1.807) is 26.2 Å². The lowest BCUT2D eigenvalue weighted by molar-refractivity contribution is 0.0244. The minimum atomic E-state index is -1.03. The second-order valence-electron chi connectivity index (χ2n) is 5.18. The van der Waals surface area contributed by atoms with Gasteiger partial charge in [-0.1, -0.05) is 6.07 Å². The fourth-order valence-corrected chi connectivity index (χ4v) is 2.90. The standard InChI is InChI=1S/C15H18FNO3S/c1-15(19,6-7-20-2)9-17-14(18)13-8-10-11(16)4-3-5-12(10)21-13/h3-5,8,19H,6-7,9H2,1-2H3,(H,17,18). The fraction of sp³-hybridized carbons (Fsp3) is 0.400. The Morgan fingerprint density at radius 2 is 2.29 bits per heavy atom. The number of rotatable bonds is 6. The van der Waals surface area contributed by atoms with Crippen molar-refractivity contribution in [3.8, 4) is 0 Å². The Balaban J connectivity index is 2.04. The largest absolute Gasteiger partial charge is 0.388 e. The lowest BCUT2D eigenvalue weighted by Crippen LogP contribution is -2.41. The van der Waals surface area contributed by atoms with Gasteiger partial charge in [-0.15, -0.1) is 11.3 Å². The number of carbonyl (C=O) groups is 1. The summed E-state index contributed by atoms with van der Waals surface area (Å²) in [5.74, 6) is -0.650. The molecule has 0 saturated carbocycles. The molecular formula is C15H18FNO3S. The molecule has 0 saturated heterocycles. The number of methoxy groups -OCH3 is 1. The van der Waals surface area contributed by atoms with Crippen LogP contribution in [-0.4, -0.2) is 36.9 Å². The van der Waals surface area contributed by atoms with E-state index in [-0.39, 0.29) is 18.3 Å². The van der Waals surface area contributed by atoms with E-state index in [2.05, 4.69) is 5.32 Å². The summed E-state index contributed by atoms with van der Waals surface area (Å²) >= 11 is 1.23. The van der Waals surface area contributed by atoms with Crippen LogP contribution in [0.4, 0.5) is 4.39 Å². The van der Waals surface area contributed by atoms with Gasteiger partial charge in [-0.25, -0.2) is 4.39 Å². The molecule has 6 heteroatoms. The van der Waals surface area contributed by atoms with E-state index >= 15 is 0 Å². The summed E-state index contributed by atoms with van der Waals surface area (Å²) in [5.41, 5.74) is -1.03. The number of thiophene rings is 1. The number of ether oxygens (including phenoxy) is 1. The van der Waals surface area contributed by atoms with Gasteiger partial charge in [0.25, 0.3) is 5.91 Å². The maximum absolute atomic E-state index is 13.6. The van der Waals surface area contributed by atoms with Crippen molar-refractivity contribution in [2.45, 2.75) is 18.9 Å². The third-order valence-corrected chi connectivity index (χ3v) is 4.31. The van der Waals surface area contributed by atoms with E-state index in [4.69, 9.17) is 4.74 Å². The highest BCUT2D eigenvalue weighted by Gasteiger charge is 2.22. The van der Waals surface area contributed by atoms with E-state index in [9.17, 15) is 14.3 Å². The summed E-state index contributed by atoms with van der Waals surface area (Å²) in [6.45, 7) is 2.17. The Bertz CT molecular complexity index is 639. The summed E-state index contributed by atoms with van der Waals surface area (Å²) in [6.07, 6.45) is 0.421. The van der Waals surface area contributed by atoms with Crippen LogP contribution in [-0.2, 0) is 4.74 Å². The summed E-state index contributed by atoms with van der Waals surface area (Å²) in [4.78, 5) is 12.5. The summed E-state index contributed by atoms with van der Waals surface area (Å²) < 4.78 is 19.2. The number of fused-ring (bicyclic) bond motifs is 1. The maximum atomic E-state index is 13.6. The zero-order valence-electron chi connectivity index (χ0n) is 12.0. The van der Waals surface area contributed by atoms with E-state index < -0.39 is 5.60 Å². The van der Waals surface area contributed by atoms with Crippen LogP contribution in [0.5, 0.6) is 0 Å². The highest BCUT2D eigenvalue weighted by molar-refractivity contribution is 7.20. The van der Waals surface area contributed by atoms with Gasteiger partial charge in [0.1, 0.15) is 5.82 Å². The van der Waals surface area contributed by atoms with Crippen molar-refractivity contribution in [3.63, 3.8) is 0 Å². The molecule has 0 aliphatic heterocycles. The number of hydrogen-bond acceptors (Lipinski definition) is 4. The van der Waals surface area contributed by atoms with Gasteiger partial charge < -0.3 is 15.2 Å². The van der Waals surface area contributed by atoms with Gasteiger partial charge in [0.15, 0.2) is 0 Å². The first-order chi connectivity index (χ1) is 9.93. The second-order valence-corrected chi connectivity index (χ2v) is 6.27. The van der Waals surface area contributed by atoms with E-state index in [1.807, 2.05) is 0 Å². The monoisotopic (exact) mass is 311 g/mol. The number of aliphatic hydroxyl groups is 1. The van der Waals surface area contributed by atoms with Gasteiger partial charge in [0.05, 0.1) is 10.5 Å². The SMILES string of the molecule is COCCC(C)(O)CNC(=O)c1cc2c(F)cccc2s1. The molecule has 1 aromatic carbocycles. The van der Waals surface area contributed by atoms with E-state index in [0.717, 1.165) is 4.70 Å². The van der Waals surface area contributed by atoms with Crippen molar-refractivity contribution in [1.82, 2.24) is 5.32 Å². The van der Waals surface area contributed by atoms with Crippen LogP contribution in [0.25, 0.3) is 10.1 Å². The first kappa shape index (κ1) is 15.9. The molecule has 1 unspecified atom stereocenters. The van der Waals surface area contributed by atoms with Gasteiger partial charge in [0, 0.05) is 36.8 Å². The minimum Gasteiger partial charge on any atom is -0.388 e. The van der Waals surface area contributed by atoms with Crippen LogP contribution < -0.4 is 5.32 Å². The summed E-state index contributed by atoms with van der Waals surface area (Å²) in [6, 6.07) is 6.29. The van der Waals surface area contributed by atoms with Crippen LogP contribution in [0.1, 0.15) is 23.0 Å². The smallest absolute Gasteiger partial charge is 0.261 e. The third-order valence-electron chi connectivity index (χ3n) is 3.21. The molecule has 1 amide bonds. The Morgan fingerprint density at radius 3 is 2.95 bits per heavy atom. The molecule has 21 heavy (non-hydrogen) atoms. The van der Waals surface area contributed by atoms with Crippen molar-refractivity contribution in [2.75, 3.05) is 20.3 Å². The van der Waals surface area contributed by atoms with E-state index in [0.29, 0.717) is 23.3 Å². The van der Waals surface area contributed by atoms with Crippen LogP contribution in [0.3, 0.4) is 0 Å². The molecule has 114 valence electrons. The van der Waals surface area contributed by atoms with E-state index in [1.165, 1.54) is 23.5 Å². The Morgan fingerprint density at radius 1 is 1.52 bits per heavy atom. The quantitative estimate of drug-likeness (QED) is 0.862. The molecule has 1 aromatic heterocycles. The summed E-state index contributed by atoms with van der Waals surface area (Å²) in [7, 11) is 1.56. The van der Waals surface area contributed by atoms with Gasteiger partial charge in [-0.2, -0.15) is 0 Å². The molecule has 0 bridgehead atoms. The van der Waals surface area contributed by atoms with Crippen LogP contribution in [0.2, 0.25) is 0 Å². The molecule has 1 heterocycles. The zero-order chi connectivity index (χ0) is 15.5. The molecule has 0 radical (unpaired) electrons. The highest BCUT2D eigenvalue weighted by atomic mass is 32.1. The molecule has 0 fully saturated rings. The number of hydrogen-bond donors (Lipinski definition) is 2. The van der Waals surface area contributed by atoms with Crippen molar-refractivity contribution in [3.05, 3.63) is 35.0 Å². The molecular weight excluding hydrogens is 293 g/mol. The molecule has 0 spiro atoms. The fourth-order valence-electron chi connectivity index (χ4n) is 1.91. The predicted molar refractivity (Wildman–Crippen MR) is 81.2 cm³/mol.